The summed E-state index contributed by atoms with van der Waals surface area (Å²) in [6, 6.07) is 17.8. The molecule has 0 saturated carbocycles. The molecule has 2 aromatic carbocycles. The summed E-state index contributed by atoms with van der Waals surface area (Å²) in [5, 5.41) is 8.56. The Kier molecular flexibility index (Phi) is 5.67. The minimum absolute atomic E-state index is 0.103. The summed E-state index contributed by atoms with van der Waals surface area (Å²) in [7, 11) is 0. The molecular formula is C26H24N6OS. The second kappa shape index (κ2) is 8.79. The van der Waals surface area contributed by atoms with Gasteiger partial charge in [-0.1, -0.05) is 24.3 Å². The number of rotatable bonds is 5. The summed E-state index contributed by atoms with van der Waals surface area (Å²) in [5.41, 5.74) is 6.98. The fraction of sp³-hybridized carbons (Fsp3) is 0.192. The fourth-order valence-electron chi connectivity index (χ4n) is 4.02. The van der Waals surface area contributed by atoms with Crippen molar-refractivity contribution >= 4 is 33.1 Å². The van der Waals surface area contributed by atoms with Crippen LogP contribution in [-0.2, 0) is 11.2 Å². The third-order valence-corrected chi connectivity index (χ3v) is 6.71. The first-order chi connectivity index (χ1) is 16.4. The van der Waals surface area contributed by atoms with Crippen LogP contribution in [-0.4, -0.2) is 30.6 Å². The van der Waals surface area contributed by atoms with E-state index in [-0.39, 0.29) is 12.3 Å². The Bertz CT molecular complexity index is 1480. The quantitative estimate of drug-likeness (QED) is 0.376. The number of hydrogen-bond donors (Lipinski definition) is 1. The van der Waals surface area contributed by atoms with Crippen molar-refractivity contribution in [3.63, 3.8) is 0 Å². The monoisotopic (exact) mass is 468 g/mol. The number of para-hydroxylation sites is 1. The van der Waals surface area contributed by atoms with Crippen LogP contribution >= 0.6 is 11.3 Å². The molecule has 1 N–H and O–H groups in total. The highest BCUT2D eigenvalue weighted by molar-refractivity contribution is 7.21. The number of aryl methyl sites for hydroxylation is 3. The van der Waals surface area contributed by atoms with E-state index in [0.717, 1.165) is 54.8 Å². The Balaban J connectivity index is 1.36. The number of benzene rings is 2. The molecule has 0 unspecified atom stereocenters. The summed E-state index contributed by atoms with van der Waals surface area (Å²) in [6.07, 6.45) is 0.216. The normalized spacial score (nSPS) is 11.2. The SMILES string of the molecule is Cc1cc(C)nc(-n2nc(C)c(CC(=O)Nc3cccc(-c4nc5ccccc5s4)c3)c2C)n1. The van der Waals surface area contributed by atoms with Gasteiger partial charge in [-0.25, -0.2) is 19.6 Å². The van der Waals surface area contributed by atoms with Crippen molar-refractivity contribution in [2.24, 2.45) is 0 Å². The molecule has 0 saturated heterocycles. The molecule has 0 fully saturated rings. The smallest absolute Gasteiger partial charge is 0.251 e. The van der Waals surface area contributed by atoms with Crippen molar-refractivity contribution in [3.05, 3.63) is 82.9 Å². The average Bonchev–Trinajstić information content (AvgIpc) is 3.35. The number of hydrogen-bond acceptors (Lipinski definition) is 6. The first-order valence-corrected chi connectivity index (χ1v) is 11.8. The first-order valence-electron chi connectivity index (χ1n) is 11.0. The summed E-state index contributed by atoms with van der Waals surface area (Å²) in [6.45, 7) is 7.71. The van der Waals surface area contributed by atoms with Crippen LogP contribution < -0.4 is 5.32 Å². The number of nitrogens with one attached hydrogen (secondary N) is 1. The standard InChI is InChI=1S/C26H24N6OS/c1-15-12-16(2)28-26(27-15)32-18(4)21(17(3)31-32)14-24(33)29-20-9-7-8-19(13-20)25-30-22-10-5-6-11-23(22)34-25/h5-13H,14H2,1-4H3,(H,29,33). The molecular weight excluding hydrogens is 444 g/mol. The van der Waals surface area contributed by atoms with Crippen molar-refractivity contribution in [1.82, 2.24) is 24.7 Å². The van der Waals surface area contributed by atoms with Gasteiger partial charge in [-0.3, -0.25) is 4.79 Å². The zero-order valence-corrected chi connectivity index (χ0v) is 20.3. The van der Waals surface area contributed by atoms with Crippen molar-refractivity contribution in [1.29, 1.82) is 0 Å². The number of amides is 1. The topological polar surface area (TPSA) is 85.6 Å². The maximum Gasteiger partial charge on any atom is 0.251 e. The van der Waals surface area contributed by atoms with Gasteiger partial charge in [0.2, 0.25) is 5.91 Å². The van der Waals surface area contributed by atoms with Crippen LogP contribution in [0.4, 0.5) is 5.69 Å². The van der Waals surface area contributed by atoms with Gasteiger partial charge < -0.3 is 5.32 Å². The molecule has 0 aliphatic heterocycles. The Hall–Kier alpha value is -3.91. The van der Waals surface area contributed by atoms with Crippen molar-refractivity contribution in [3.8, 4) is 16.5 Å². The van der Waals surface area contributed by atoms with E-state index in [4.69, 9.17) is 4.98 Å². The van der Waals surface area contributed by atoms with E-state index in [1.165, 1.54) is 0 Å². The molecule has 0 radical (unpaired) electrons. The fourth-order valence-corrected chi connectivity index (χ4v) is 4.98. The molecule has 0 spiro atoms. The average molecular weight is 469 g/mol. The molecule has 7 nitrogen and oxygen atoms in total. The van der Waals surface area contributed by atoms with Gasteiger partial charge in [0.05, 0.1) is 22.3 Å². The van der Waals surface area contributed by atoms with E-state index in [1.807, 2.05) is 76.2 Å². The van der Waals surface area contributed by atoms with Crippen LogP contribution in [0.5, 0.6) is 0 Å². The van der Waals surface area contributed by atoms with Crippen molar-refractivity contribution in [2.45, 2.75) is 34.1 Å². The molecule has 34 heavy (non-hydrogen) atoms. The van der Waals surface area contributed by atoms with E-state index >= 15 is 0 Å². The first kappa shape index (κ1) is 21.9. The maximum atomic E-state index is 12.9. The third kappa shape index (κ3) is 4.32. The van der Waals surface area contributed by atoms with Crippen LogP contribution in [0.1, 0.15) is 28.3 Å². The summed E-state index contributed by atoms with van der Waals surface area (Å²) in [5.74, 6) is 0.418. The summed E-state index contributed by atoms with van der Waals surface area (Å²) < 4.78 is 2.86. The zero-order chi connectivity index (χ0) is 23.8. The minimum Gasteiger partial charge on any atom is -0.326 e. The molecule has 0 aliphatic rings. The third-order valence-electron chi connectivity index (χ3n) is 5.63. The van der Waals surface area contributed by atoms with Crippen LogP contribution in [0, 0.1) is 27.7 Å². The van der Waals surface area contributed by atoms with E-state index in [9.17, 15) is 4.79 Å². The lowest BCUT2D eigenvalue weighted by molar-refractivity contribution is -0.115. The number of fused-ring (bicyclic) bond motifs is 1. The lowest BCUT2D eigenvalue weighted by Gasteiger charge is -2.08. The number of thiazole rings is 1. The number of carbonyl (C=O) groups excluding carboxylic acids is 1. The van der Waals surface area contributed by atoms with Gasteiger partial charge in [0.1, 0.15) is 5.01 Å². The molecule has 3 heterocycles. The predicted octanol–water partition coefficient (Wildman–Crippen LogP) is 5.35. The molecule has 5 rings (SSSR count). The molecule has 0 atom stereocenters. The van der Waals surface area contributed by atoms with Crippen LogP contribution in [0.25, 0.3) is 26.7 Å². The molecule has 8 heteroatoms. The van der Waals surface area contributed by atoms with E-state index in [2.05, 4.69) is 26.4 Å². The number of carbonyl (C=O) groups is 1. The van der Waals surface area contributed by atoms with Crippen LogP contribution in [0.3, 0.4) is 0 Å². The highest BCUT2D eigenvalue weighted by atomic mass is 32.1. The van der Waals surface area contributed by atoms with Gasteiger partial charge in [-0.15, -0.1) is 11.3 Å². The Morgan fingerprint density at radius 2 is 1.71 bits per heavy atom. The Morgan fingerprint density at radius 3 is 2.47 bits per heavy atom. The highest BCUT2D eigenvalue weighted by Crippen LogP contribution is 2.31. The van der Waals surface area contributed by atoms with Gasteiger partial charge >= 0.3 is 0 Å². The van der Waals surface area contributed by atoms with E-state index in [1.54, 1.807) is 16.0 Å². The predicted molar refractivity (Wildman–Crippen MR) is 135 cm³/mol. The summed E-state index contributed by atoms with van der Waals surface area (Å²) >= 11 is 1.64. The molecule has 1 amide bonds. The zero-order valence-electron chi connectivity index (χ0n) is 19.5. The number of nitrogens with zero attached hydrogens (tertiary/aromatic N) is 5. The van der Waals surface area contributed by atoms with E-state index < -0.39 is 0 Å². The molecule has 0 aliphatic carbocycles. The Morgan fingerprint density at radius 1 is 0.941 bits per heavy atom. The van der Waals surface area contributed by atoms with Crippen LogP contribution in [0.15, 0.2) is 54.6 Å². The maximum absolute atomic E-state index is 12.9. The van der Waals surface area contributed by atoms with Gasteiger partial charge in [-0.2, -0.15) is 5.10 Å². The second-order valence-corrected chi connectivity index (χ2v) is 9.34. The van der Waals surface area contributed by atoms with Crippen molar-refractivity contribution < 1.29 is 4.79 Å². The van der Waals surface area contributed by atoms with E-state index in [0.29, 0.717) is 5.95 Å². The highest BCUT2D eigenvalue weighted by Gasteiger charge is 2.18. The van der Waals surface area contributed by atoms with Gasteiger partial charge in [0, 0.05) is 33.9 Å². The van der Waals surface area contributed by atoms with Gasteiger partial charge in [0.25, 0.3) is 5.95 Å². The van der Waals surface area contributed by atoms with Crippen LogP contribution in [0.2, 0.25) is 0 Å². The largest absolute Gasteiger partial charge is 0.326 e. The second-order valence-electron chi connectivity index (χ2n) is 8.30. The molecule has 170 valence electrons. The Labute approximate surface area is 201 Å². The molecule has 3 aromatic heterocycles. The van der Waals surface area contributed by atoms with Crippen molar-refractivity contribution in [2.75, 3.05) is 5.32 Å². The minimum atomic E-state index is -0.103. The summed E-state index contributed by atoms with van der Waals surface area (Å²) in [4.78, 5) is 26.7. The lowest BCUT2D eigenvalue weighted by atomic mass is 10.1. The lowest BCUT2D eigenvalue weighted by Crippen LogP contribution is -2.15. The molecule has 5 aromatic rings. The van der Waals surface area contributed by atoms with Gasteiger partial charge in [-0.05, 0) is 58.0 Å². The van der Waals surface area contributed by atoms with Gasteiger partial charge in [0.15, 0.2) is 0 Å². The molecule has 0 bridgehead atoms. The number of anilines is 1. The number of aromatic nitrogens is 5.